The number of nitrogens with zero attached hydrogens (tertiary/aromatic N) is 1. The molecule has 1 aliphatic carbocycles. The topological polar surface area (TPSA) is 74.8 Å². The maximum absolute atomic E-state index is 13.6. The Hall–Kier alpha value is -1.56. The van der Waals surface area contributed by atoms with E-state index in [1.807, 2.05) is 0 Å². The van der Waals surface area contributed by atoms with Gasteiger partial charge in [-0.25, -0.2) is 13.2 Å². The van der Waals surface area contributed by atoms with Crippen molar-refractivity contribution >= 4 is 41.5 Å². The van der Waals surface area contributed by atoms with Crippen LogP contribution in [0.2, 0.25) is 0 Å². The maximum Gasteiger partial charge on any atom is 0.243 e. The van der Waals surface area contributed by atoms with Gasteiger partial charge in [0.05, 0.1) is 18.3 Å². The molecule has 2 unspecified atom stereocenters. The predicted octanol–water partition coefficient (Wildman–Crippen LogP) is 2.64. The summed E-state index contributed by atoms with van der Waals surface area (Å²) in [6.45, 7) is 3.90. The predicted molar refractivity (Wildman–Crippen MR) is 108 cm³/mol. The van der Waals surface area contributed by atoms with Crippen LogP contribution in [0.15, 0.2) is 17.1 Å². The van der Waals surface area contributed by atoms with E-state index in [4.69, 9.17) is 4.74 Å². The summed E-state index contributed by atoms with van der Waals surface area (Å²) < 4.78 is 45.0. The Bertz CT molecular complexity index is 716. The van der Waals surface area contributed by atoms with Crippen LogP contribution in [0.25, 0.3) is 0 Å². The molecule has 1 saturated carbocycles. The van der Waals surface area contributed by atoms with Gasteiger partial charge in [-0.1, -0.05) is 13.8 Å². The van der Waals surface area contributed by atoms with Crippen molar-refractivity contribution in [3.8, 4) is 0 Å². The highest BCUT2D eigenvalue weighted by molar-refractivity contribution is 14.0. The summed E-state index contributed by atoms with van der Waals surface area (Å²) in [5.41, 5.74) is -0.523. The molecule has 152 valence electrons. The number of ether oxygens (including phenoxy) is 1. The number of rotatable bonds is 5. The number of halogens is 4. The number of methoxy groups -OCH3 is 1. The largest absolute Gasteiger partial charge is 0.381 e. The average molecular weight is 500 g/mol. The Morgan fingerprint density at radius 2 is 1.96 bits per heavy atom. The maximum atomic E-state index is 13.6. The highest BCUT2D eigenvalue weighted by Gasteiger charge is 2.48. The van der Waals surface area contributed by atoms with Crippen LogP contribution >= 0.6 is 24.0 Å². The average Bonchev–Trinajstić information content (AvgIpc) is 2.61. The fraction of sp³-hybridized carbons (Fsp3) is 0.529. The van der Waals surface area contributed by atoms with E-state index in [1.165, 1.54) is 0 Å². The van der Waals surface area contributed by atoms with E-state index in [-0.39, 0.29) is 48.1 Å². The van der Waals surface area contributed by atoms with Crippen LogP contribution < -0.4 is 16.0 Å². The number of nitrogens with one attached hydrogen (secondary N) is 3. The molecule has 0 spiro atoms. The van der Waals surface area contributed by atoms with Crippen LogP contribution in [0.3, 0.4) is 0 Å². The van der Waals surface area contributed by atoms with E-state index in [2.05, 4.69) is 34.8 Å². The van der Waals surface area contributed by atoms with Crippen LogP contribution in [0.4, 0.5) is 18.9 Å². The molecule has 6 nitrogen and oxygen atoms in total. The Morgan fingerprint density at radius 3 is 2.52 bits per heavy atom. The van der Waals surface area contributed by atoms with Gasteiger partial charge in [-0.15, -0.1) is 24.0 Å². The van der Waals surface area contributed by atoms with E-state index in [0.29, 0.717) is 5.96 Å². The van der Waals surface area contributed by atoms with Crippen LogP contribution in [-0.4, -0.2) is 44.7 Å². The van der Waals surface area contributed by atoms with Crippen molar-refractivity contribution in [3.63, 3.8) is 0 Å². The molecule has 10 heteroatoms. The highest BCUT2D eigenvalue weighted by atomic mass is 127. The Balaban J connectivity index is 0.00000364. The first-order chi connectivity index (χ1) is 12.2. The quantitative estimate of drug-likeness (QED) is 0.252. The number of anilines is 1. The normalized spacial score (nSPS) is 20.9. The minimum absolute atomic E-state index is 0. The van der Waals surface area contributed by atoms with Crippen molar-refractivity contribution in [2.75, 3.05) is 26.0 Å². The van der Waals surface area contributed by atoms with Gasteiger partial charge in [0.15, 0.2) is 23.4 Å². The molecule has 27 heavy (non-hydrogen) atoms. The van der Waals surface area contributed by atoms with Gasteiger partial charge in [0, 0.05) is 25.6 Å². The molecule has 2 rings (SSSR count). The zero-order valence-electron chi connectivity index (χ0n) is 15.5. The molecule has 0 aromatic heterocycles. The minimum Gasteiger partial charge on any atom is -0.381 e. The summed E-state index contributed by atoms with van der Waals surface area (Å²) in [7, 11) is 3.22. The first kappa shape index (κ1) is 23.5. The molecule has 0 saturated heterocycles. The van der Waals surface area contributed by atoms with Crippen LogP contribution in [0.5, 0.6) is 0 Å². The van der Waals surface area contributed by atoms with Gasteiger partial charge in [-0.3, -0.25) is 9.79 Å². The third-order valence-electron chi connectivity index (χ3n) is 4.72. The van der Waals surface area contributed by atoms with Crippen LogP contribution in [-0.2, 0) is 9.53 Å². The second kappa shape index (κ2) is 9.58. The van der Waals surface area contributed by atoms with Gasteiger partial charge < -0.3 is 20.7 Å². The molecule has 0 radical (unpaired) electrons. The zero-order chi connectivity index (χ0) is 19.5. The second-order valence-corrected chi connectivity index (χ2v) is 6.68. The van der Waals surface area contributed by atoms with Crippen molar-refractivity contribution in [2.45, 2.75) is 32.4 Å². The van der Waals surface area contributed by atoms with E-state index in [0.717, 1.165) is 18.6 Å². The first-order valence-electron chi connectivity index (χ1n) is 8.14. The Kier molecular flexibility index (Phi) is 8.33. The Labute approximate surface area is 173 Å². The lowest BCUT2D eigenvalue weighted by atomic mass is 9.64. The molecule has 1 amide bonds. The van der Waals surface area contributed by atoms with E-state index < -0.39 is 29.0 Å². The van der Waals surface area contributed by atoms with E-state index in [1.54, 1.807) is 14.2 Å². The molecule has 0 aliphatic heterocycles. The molecular formula is C17H24F3IN4O2. The van der Waals surface area contributed by atoms with Crippen LogP contribution in [0, 0.1) is 22.9 Å². The van der Waals surface area contributed by atoms with Crippen molar-refractivity contribution < 1.29 is 22.7 Å². The monoisotopic (exact) mass is 500 g/mol. The molecule has 0 heterocycles. The van der Waals surface area contributed by atoms with Gasteiger partial charge in [0.25, 0.3) is 0 Å². The summed E-state index contributed by atoms with van der Waals surface area (Å²) in [6, 6.07) is 1.82. The highest BCUT2D eigenvalue weighted by Crippen LogP contribution is 2.42. The molecule has 1 aromatic rings. The minimum atomic E-state index is -1.63. The first-order valence-corrected chi connectivity index (χ1v) is 8.14. The van der Waals surface area contributed by atoms with Crippen molar-refractivity contribution in [1.82, 2.24) is 10.6 Å². The number of carbonyl (C=O) groups excluding carboxylic acids is 1. The molecule has 1 aromatic carbocycles. The SMILES string of the molecule is CN=C(NCC(=O)Nc1ccc(F)c(F)c1F)NC1CC(OC)C1(C)C.I. The number of guanidine groups is 1. The lowest BCUT2D eigenvalue weighted by molar-refractivity contribution is -0.115. The zero-order valence-corrected chi connectivity index (χ0v) is 17.9. The molecule has 1 aliphatic rings. The number of hydrogen-bond acceptors (Lipinski definition) is 3. The van der Waals surface area contributed by atoms with Gasteiger partial charge >= 0.3 is 0 Å². The molecule has 0 bridgehead atoms. The summed E-state index contributed by atoms with van der Waals surface area (Å²) >= 11 is 0. The van der Waals surface area contributed by atoms with Crippen molar-refractivity contribution in [3.05, 3.63) is 29.6 Å². The van der Waals surface area contributed by atoms with Gasteiger partial charge in [-0.05, 0) is 18.6 Å². The molecular weight excluding hydrogens is 476 g/mol. The lowest BCUT2D eigenvalue weighted by Gasteiger charge is -2.51. The van der Waals surface area contributed by atoms with Gasteiger partial charge in [-0.2, -0.15) is 0 Å². The smallest absolute Gasteiger partial charge is 0.243 e. The third kappa shape index (κ3) is 5.24. The molecule has 2 atom stereocenters. The van der Waals surface area contributed by atoms with Crippen molar-refractivity contribution in [2.24, 2.45) is 10.4 Å². The Morgan fingerprint density at radius 1 is 1.30 bits per heavy atom. The molecule has 1 fully saturated rings. The van der Waals surface area contributed by atoms with Gasteiger partial charge in [0.2, 0.25) is 5.91 Å². The standard InChI is InChI=1S/C17H23F3N4O2.HI/c1-17(2)11(7-12(17)26-4)24-16(21-3)22-8-13(25)23-10-6-5-9(18)14(19)15(10)20;/h5-6,11-12H,7-8H2,1-4H3,(H,23,25)(H2,21,22,24);1H. The number of carbonyl (C=O) groups is 1. The summed E-state index contributed by atoms with van der Waals surface area (Å²) in [6.07, 6.45) is 0.939. The second-order valence-electron chi connectivity index (χ2n) is 6.68. The fourth-order valence-electron chi connectivity index (χ4n) is 2.87. The number of aliphatic imine (C=N–C) groups is 1. The summed E-state index contributed by atoms with van der Waals surface area (Å²) in [5.74, 6) is -4.62. The number of hydrogen-bond donors (Lipinski definition) is 3. The van der Waals surface area contributed by atoms with E-state index in [9.17, 15) is 18.0 Å². The van der Waals surface area contributed by atoms with Crippen LogP contribution in [0.1, 0.15) is 20.3 Å². The lowest BCUT2D eigenvalue weighted by Crippen LogP contribution is -2.63. The molecule has 3 N–H and O–H groups in total. The van der Waals surface area contributed by atoms with Crippen molar-refractivity contribution in [1.29, 1.82) is 0 Å². The van der Waals surface area contributed by atoms with Gasteiger partial charge in [0.1, 0.15) is 0 Å². The van der Waals surface area contributed by atoms with E-state index >= 15 is 0 Å². The number of benzene rings is 1. The fourth-order valence-corrected chi connectivity index (χ4v) is 2.87. The third-order valence-corrected chi connectivity index (χ3v) is 4.72. The summed E-state index contributed by atoms with van der Waals surface area (Å²) in [4.78, 5) is 16.0. The number of amides is 1. The summed E-state index contributed by atoms with van der Waals surface area (Å²) in [5, 5.41) is 8.19.